The SMILES string of the molecule is c1nncc2c1CSC2. The molecule has 0 amide bonds. The summed E-state index contributed by atoms with van der Waals surface area (Å²) in [6, 6.07) is 0. The molecule has 0 saturated carbocycles. The van der Waals surface area contributed by atoms with E-state index in [1.807, 2.05) is 24.2 Å². The number of rotatable bonds is 0. The van der Waals surface area contributed by atoms with Crippen LogP contribution in [0.1, 0.15) is 11.1 Å². The molecule has 0 atom stereocenters. The van der Waals surface area contributed by atoms with Gasteiger partial charge in [-0.05, 0) is 11.1 Å². The minimum atomic E-state index is 1.12. The van der Waals surface area contributed by atoms with E-state index in [1.165, 1.54) is 11.1 Å². The highest BCUT2D eigenvalue weighted by Crippen LogP contribution is 2.27. The Morgan fingerprint density at radius 1 is 1.11 bits per heavy atom. The summed E-state index contributed by atoms with van der Waals surface area (Å²) in [4.78, 5) is 0. The minimum Gasteiger partial charge on any atom is -0.159 e. The lowest BCUT2D eigenvalue weighted by atomic mass is 10.2. The molecule has 3 heteroatoms. The zero-order valence-electron chi connectivity index (χ0n) is 4.87. The van der Waals surface area contributed by atoms with Crippen LogP contribution in [0.25, 0.3) is 0 Å². The lowest BCUT2D eigenvalue weighted by Crippen LogP contribution is -1.85. The van der Waals surface area contributed by atoms with Gasteiger partial charge in [0.1, 0.15) is 0 Å². The molecule has 0 N–H and O–H groups in total. The second kappa shape index (κ2) is 1.99. The van der Waals surface area contributed by atoms with Crippen molar-refractivity contribution in [2.75, 3.05) is 0 Å². The van der Waals surface area contributed by atoms with E-state index in [4.69, 9.17) is 0 Å². The molecule has 2 heterocycles. The van der Waals surface area contributed by atoms with Crippen molar-refractivity contribution in [2.45, 2.75) is 11.5 Å². The third-order valence-electron chi connectivity index (χ3n) is 1.42. The van der Waals surface area contributed by atoms with Crippen molar-refractivity contribution in [2.24, 2.45) is 0 Å². The molecular formula is C6H6N2S. The highest BCUT2D eigenvalue weighted by molar-refractivity contribution is 7.98. The van der Waals surface area contributed by atoms with Crippen LogP contribution in [-0.4, -0.2) is 10.2 Å². The summed E-state index contributed by atoms with van der Waals surface area (Å²) in [7, 11) is 0. The van der Waals surface area contributed by atoms with Crippen LogP contribution in [0.3, 0.4) is 0 Å². The molecule has 0 radical (unpaired) electrons. The normalized spacial score (nSPS) is 15.6. The maximum Gasteiger partial charge on any atom is 0.0539 e. The lowest BCUT2D eigenvalue weighted by molar-refractivity contribution is 0.996. The summed E-state index contributed by atoms with van der Waals surface area (Å²) in [5.74, 6) is 2.23. The number of thioether (sulfide) groups is 1. The fourth-order valence-corrected chi connectivity index (χ4v) is 1.96. The highest BCUT2D eigenvalue weighted by atomic mass is 32.2. The van der Waals surface area contributed by atoms with Crippen LogP contribution < -0.4 is 0 Å². The maximum atomic E-state index is 3.79. The van der Waals surface area contributed by atoms with E-state index in [-0.39, 0.29) is 0 Å². The molecule has 0 fully saturated rings. The van der Waals surface area contributed by atoms with Crippen molar-refractivity contribution in [3.05, 3.63) is 23.5 Å². The third-order valence-corrected chi connectivity index (χ3v) is 2.45. The van der Waals surface area contributed by atoms with Crippen molar-refractivity contribution >= 4 is 11.8 Å². The molecule has 0 aliphatic carbocycles. The summed E-state index contributed by atoms with van der Waals surface area (Å²) in [6.45, 7) is 0. The first kappa shape index (κ1) is 5.23. The Labute approximate surface area is 57.7 Å². The van der Waals surface area contributed by atoms with Gasteiger partial charge in [0.2, 0.25) is 0 Å². The fraction of sp³-hybridized carbons (Fsp3) is 0.333. The zero-order valence-corrected chi connectivity index (χ0v) is 5.69. The van der Waals surface area contributed by atoms with Gasteiger partial charge < -0.3 is 0 Å². The molecule has 2 nitrogen and oxygen atoms in total. The van der Waals surface area contributed by atoms with Crippen LogP contribution in [0.5, 0.6) is 0 Å². The van der Waals surface area contributed by atoms with Gasteiger partial charge in [0.25, 0.3) is 0 Å². The van der Waals surface area contributed by atoms with Gasteiger partial charge in [-0.15, -0.1) is 0 Å². The molecular weight excluding hydrogens is 132 g/mol. The second-order valence-electron chi connectivity index (χ2n) is 2.03. The molecule has 1 aliphatic rings. The number of hydrogen-bond acceptors (Lipinski definition) is 3. The summed E-state index contributed by atoms with van der Waals surface area (Å²) < 4.78 is 0. The third kappa shape index (κ3) is 0.812. The Balaban J connectivity index is 2.54. The zero-order chi connectivity index (χ0) is 6.10. The second-order valence-corrected chi connectivity index (χ2v) is 3.02. The van der Waals surface area contributed by atoms with E-state index < -0.39 is 0 Å². The Hall–Kier alpha value is -0.570. The van der Waals surface area contributed by atoms with E-state index in [9.17, 15) is 0 Å². The van der Waals surface area contributed by atoms with Gasteiger partial charge in [-0.3, -0.25) is 0 Å². The van der Waals surface area contributed by atoms with Crippen molar-refractivity contribution in [1.29, 1.82) is 0 Å². The molecule has 0 spiro atoms. The number of fused-ring (bicyclic) bond motifs is 1. The Kier molecular flexibility index (Phi) is 1.16. The standard InChI is InChI=1S/C6H6N2S/c1-5-3-9-4-6(5)2-8-7-1/h1-2H,3-4H2. The van der Waals surface area contributed by atoms with Crippen LogP contribution in [0.15, 0.2) is 12.4 Å². The maximum absolute atomic E-state index is 3.79. The largest absolute Gasteiger partial charge is 0.159 e. The van der Waals surface area contributed by atoms with Crippen molar-refractivity contribution < 1.29 is 0 Å². The van der Waals surface area contributed by atoms with E-state index in [2.05, 4.69) is 10.2 Å². The molecule has 2 rings (SSSR count). The molecule has 0 saturated heterocycles. The Morgan fingerprint density at radius 2 is 1.67 bits per heavy atom. The van der Waals surface area contributed by atoms with Crippen LogP contribution in [0.2, 0.25) is 0 Å². The van der Waals surface area contributed by atoms with Gasteiger partial charge in [-0.1, -0.05) is 0 Å². The van der Waals surface area contributed by atoms with E-state index >= 15 is 0 Å². The van der Waals surface area contributed by atoms with Crippen LogP contribution in [-0.2, 0) is 11.5 Å². The number of nitrogens with zero attached hydrogens (tertiary/aromatic N) is 2. The first-order valence-corrected chi connectivity index (χ1v) is 3.98. The van der Waals surface area contributed by atoms with Crippen molar-refractivity contribution in [1.82, 2.24) is 10.2 Å². The topological polar surface area (TPSA) is 25.8 Å². The average Bonchev–Trinajstić information content (AvgIpc) is 2.33. The predicted octanol–water partition coefficient (Wildman–Crippen LogP) is 1.22. The van der Waals surface area contributed by atoms with E-state index in [0.29, 0.717) is 0 Å². The Morgan fingerprint density at radius 3 is 2.22 bits per heavy atom. The fourth-order valence-electron chi connectivity index (χ4n) is 0.903. The molecule has 1 aliphatic heterocycles. The van der Waals surface area contributed by atoms with Gasteiger partial charge in [0.15, 0.2) is 0 Å². The number of aromatic nitrogens is 2. The summed E-state index contributed by atoms with van der Waals surface area (Å²) in [6.07, 6.45) is 3.71. The summed E-state index contributed by atoms with van der Waals surface area (Å²) in [5, 5.41) is 7.59. The minimum absolute atomic E-state index is 1.12. The highest BCUT2D eigenvalue weighted by Gasteiger charge is 2.09. The van der Waals surface area contributed by atoms with Gasteiger partial charge in [0.05, 0.1) is 12.4 Å². The number of hydrogen-bond donors (Lipinski definition) is 0. The molecule has 9 heavy (non-hydrogen) atoms. The summed E-state index contributed by atoms with van der Waals surface area (Å²) >= 11 is 1.92. The molecule has 1 aromatic rings. The van der Waals surface area contributed by atoms with Crippen molar-refractivity contribution in [3.8, 4) is 0 Å². The Bertz CT molecular complexity index is 201. The summed E-state index contributed by atoms with van der Waals surface area (Å²) in [5.41, 5.74) is 2.71. The molecule has 1 aromatic heterocycles. The smallest absolute Gasteiger partial charge is 0.0539 e. The average molecular weight is 138 g/mol. The molecule has 0 aromatic carbocycles. The van der Waals surface area contributed by atoms with Gasteiger partial charge in [-0.2, -0.15) is 22.0 Å². The van der Waals surface area contributed by atoms with E-state index in [1.54, 1.807) is 0 Å². The van der Waals surface area contributed by atoms with Crippen LogP contribution in [0.4, 0.5) is 0 Å². The molecule has 46 valence electrons. The first-order chi connectivity index (χ1) is 4.47. The monoisotopic (exact) mass is 138 g/mol. The van der Waals surface area contributed by atoms with Crippen molar-refractivity contribution in [3.63, 3.8) is 0 Å². The van der Waals surface area contributed by atoms with E-state index in [0.717, 1.165) is 11.5 Å². The van der Waals surface area contributed by atoms with Crippen LogP contribution >= 0.6 is 11.8 Å². The molecule has 0 bridgehead atoms. The molecule has 0 unspecified atom stereocenters. The first-order valence-electron chi connectivity index (χ1n) is 2.83. The van der Waals surface area contributed by atoms with Gasteiger partial charge in [-0.25, -0.2) is 0 Å². The predicted molar refractivity (Wildman–Crippen MR) is 37.0 cm³/mol. The van der Waals surface area contributed by atoms with Gasteiger partial charge in [0, 0.05) is 11.5 Å². The lowest BCUT2D eigenvalue weighted by Gasteiger charge is -1.89. The quantitative estimate of drug-likeness (QED) is 0.539. The van der Waals surface area contributed by atoms with Gasteiger partial charge >= 0.3 is 0 Å². The van der Waals surface area contributed by atoms with Crippen LogP contribution in [0, 0.1) is 0 Å².